The SMILES string of the molecule is CC1CCc2ccccc2N1C(=O)COC(=O)c1cc2c(s1)CCC2. The van der Waals surface area contributed by atoms with E-state index in [1.165, 1.54) is 33.8 Å². The number of benzene rings is 1. The van der Waals surface area contributed by atoms with Gasteiger partial charge in [-0.1, -0.05) is 18.2 Å². The van der Waals surface area contributed by atoms with Gasteiger partial charge in [0.1, 0.15) is 4.88 Å². The molecule has 1 unspecified atom stereocenters. The fourth-order valence-corrected chi connectivity index (χ4v) is 4.91. The normalized spacial score (nSPS) is 18.6. The monoisotopic (exact) mass is 355 g/mol. The number of esters is 1. The van der Waals surface area contributed by atoms with Crippen molar-refractivity contribution < 1.29 is 14.3 Å². The number of amides is 1. The van der Waals surface area contributed by atoms with E-state index < -0.39 is 0 Å². The molecule has 0 N–H and O–H groups in total. The molecule has 2 heterocycles. The molecule has 0 saturated heterocycles. The topological polar surface area (TPSA) is 46.6 Å². The van der Waals surface area contributed by atoms with E-state index in [1.54, 1.807) is 4.90 Å². The lowest BCUT2D eigenvalue weighted by Crippen LogP contribution is -2.44. The van der Waals surface area contributed by atoms with Gasteiger partial charge in [-0.05, 0) is 62.3 Å². The zero-order chi connectivity index (χ0) is 17.4. The van der Waals surface area contributed by atoms with Crippen LogP contribution >= 0.6 is 11.3 Å². The molecule has 5 heteroatoms. The first-order valence-electron chi connectivity index (χ1n) is 8.82. The standard InChI is InChI=1S/C20H21NO3S/c1-13-9-10-14-5-2-3-7-16(14)21(13)19(22)12-24-20(23)18-11-15-6-4-8-17(15)25-18/h2-3,5,7,11,13H,4,6,8-10,12H2,1H3. The molecular formula is C20H21NO3S. The van der Waals surface area contributed by atoms with Crippen LogP contribution in [-0.4, -0.2) is 24.5 Å². The molecule has 0 saturated carbocycles. The summed E-state index contributed by atoms with van der Waals surface area (Å²) < 4.78 is 5.32. The molecule has 4 rings (SSSR count). The number of hydrogen-bond donors (Lipinski definition) is 0. The first-order valence-corrected chi connectivity index (χ1v) is 9.64. The Labute approximate surface area is 151 Å². The zero-order valence-electron chi connectivity index (χ0n) is 14.3. The van der Waals surface area contributed by atoms with Crippen molar-refractivity contribution >= 4 is 28.9 Å². The summed E-state index contributed by atoms with van der Waals surface area (Å²) in [7, 11) is 0. The predicted octanol–water partition coefficient (Wildman–Crippen LogP) is 3.76. The molecule has 1 atom stereocenters. The lowest BCUT2D eigenvalue weighted by atomic mass is 9.96. The Morgan fingerprint density at radius 3 is 2.88 bits per heavy atom. The number of carbonyl (C=O) groups excluding carboxylic acids is 2. The molecule has 130 valence electrons. The van der Waals surface area contributed by atoms with Crippen LogP contribution in [0, 0.1) is 0 Å². The van der Waals surface area contributed by atoms with E-state index in [1.807, 2.05) is 31.2 Å². The van der Waals surface area contributed by atoms with E-state index in [0.29, 0.717) is 4.88 Å². The van der Waals surface area contributed by atoms with Gasteiger partial charge < -0.3 is 9.64 Å². The van der Waals surface area contributed by atoms with E-state index >= 15 is 0 Å². The number of aryl methyl sites for hydroxylation is 3. The number of ether oxygens (including phenoxy) is 1. The van der Waals surface area contributed by atoms with E-state index in [9.17, 15) is 9.59 Å². The van der Waals surface area contributed by atoms with Gasteiger partial charge in [0.15, 0.2) is 6.61 Å². The molecule has 25 heavy (non-hydrogen) atoms. The summed E-state index contributed by atoms with van der Waals surface area (Å²) >= 11 is 1.51. The zero-order valence-corrected chi connectivity index (χ0v) is 15.1. The number of carbonyl (C=O) groups is 2. The van der Waals surface area contributed by atoms with Crippen molar-refractivity contribution in [3.8, 4) is 0 Å². The second kappa shape index (κ2) is 6.64. The minimum atomic E-state index is -0.384. The van der Waals surface area contributed by atoms with Gasteiger partial charge in [0.05, 0.1) is 0 Å². The Balaban J connectivity index is 1.44. The van der Waals surface area contributed by atoms with Crippen LogP contribution < -0.4 is 4.90 Å². The minimum absolute atomic E-state index is 0.117. The summed E-state index contributed by atoms with van der Waals surface area (Å²) in [6.45, 7) is 1.83. The summed E-state index contributed by atoms with van der Waals surface area (Å²) in [6.07, 6.45) is 5.16. The van der Waals surface area contributed by atoms with Crippen molar-refractivity contribution in [1.29, 1.82) is 0 Å². The third-order valence-corrected chi connectivity index (χ3v) is 6.28. The smallest absolute Gasteiger partial charge is 0.348 e. The predicted molar refractivity (Wildman–Crippen MR) is 98.3 cm³/mol. The van der Waals surface area contributed by atoms with Crippen LogP contribution in [0.15, 0.2) is 30.3 Å². The highest BCUT2D eigenvalue weighted by molar-refractivity contribution is 7.14. The van der Waals surface area contributed by atoms with Gasteiger partial charge >= 0.3 is 5.97 Å². The molecule has 0 spiro atoms. The minimum Gasteiger partial charge on any atom is -0.451 e. The maximum atomic E-state index is 12.7. The molecule has 2 aromatic rings. The van der Waals surface area contributed by atoms with Gasteiger partial charge in [-0.2, -0.15) is 0 Å². The first-order chi connectivity index (χ1) is 12.1. The van der Waals surface area contributed by atoms with E-state index in [4.69, 9.17) is 4.74 Å². The quantitative estimate of drug-likeness (QED) is 0.788. The van der Waals surface area contributed by atoms with Crippen molar-refractivity contribution in [2.45, 2.75) is 45.1 Å². The van der Waals surface area contributed by atoms with Crippen molar-refractivity contribution in [3.05, 3.63) is 51.2 Å². The molecule has 1 aliphatic carbocycles. The molecule has 0 bridgehead atoms. The van der Waals surface area contributed by atoms with Crippen LogP contribution in [0.4, 0.5) is 5.69 Å². The lowest BCUT2D eigenvalue weighted by Gasteiger charge is -2.35. The van der Waals surface area contributed by atoms with Crippen LogP contribution in [-0.2, 0) is 28.8 Å². The Kier molecular flexibility index (Phi) is 4.34. The largest absolute Gasteiger partial charge is 0.451 e. The summed E-state index contributed by atoms with van der Waals surface area (Å²) in [5.41, 5.74) is 3.38. The molecule has 1 amide bonds. The van der Waals surface area contributed by atoms with Gasteiger partial charge in [-0.25, -0.2) is 4.79 Å². The number of para-hydroxylation sites is 1. The Hall–Kier alpha value is -2.14. The second-order valence-electron chi connectivity index (χ2n) is 6.77. The number of fused-ring (bicyclic) bond motifs is 2. The fraction of sp³-hybridized carbons (Fsp3) is 0.400. The average Bonchev–Trinajstić information content (AvgIpc) is 3.21. The van der Waals surface area contributed by atoms with Gasteiger partial charge in [-0.3, -0.25) is 4.79 Å². The second-order valence-corrected chi connectivity index (χ2v) is 7.91. The summed E-state index contributed by atoms with van der Waals surface area (Å²) in [4.78, 5) is 28.7. The van der Waals surface area contributed by atoms with E-state index in [0.717, 1.165) is 31.4 Å². The van der Waals surface area contributed by atoms with Crippen molar-refractivity contribution in [2.75, 3.05) is 11.5 Å². The van der Waals surface area contributed by atoms with Crippen molar-refractivity contribution in [2.24, 2.45) is 0 Å². The van der Waals surface area contributed by atoms with Gasteiger partial charge in [0.2, 0.25) is 0 Å². The highest BCUT2D eigenvalue weighted by atomic mass is 32.1. The van der Waals surface area contributed by atoms with Crippen molar-refractivity contribution in [3.63, 3.8) is 0 Å². The highest BCUT2D eigenvalue weighted by Gasteiger charge is 2.29. The molecular weight excluding hydrogens is 334 g/mol. The van der Waals surface area contributed by atoms with E-state index in [-0.39, 0.29) is 24.5 Å². The maximum Gasteiger partial charge on any atom is 0.348 e. The summed E-state index contributed by atoms with van der Waals surface area (Å²) in [6, 6.07) is 10.0. The summed E-state index contributed by atoms with van der Waals surface area (Å²) in [5.74, 6) is -0.539. The highest BCUT2D eigenvalue weighted by Crippen LogP contribution is 2.32. The van der Waals surface area contributed by atoms with Crippen LogP contribution in [0.2, 0.25) is 0 Å². The lowest BCUT2D eigenvalue weighted by molar-refractivity contribution is -0.122. The molecule has 1 aliphatic heterocycles. The van der Waals surface area contributed by atoms with Crippen LogP contribution in [0.5, 0.6) is 0 Å². The maximum absolute atomic E-state index is 12.7. The number of hydrogen-bond acceptors (Lipinski definition) is 4. The number of rotatable bonds is 3. The number of nitrogens with zero attached hydrogens (tertiary/aromatic N) is 1. The summed E-state index contributed by atoms with van der Waals surface area (Å²) in [5, 5.41) is 0. The Morgan fingerprint density at radius 1 is 1.20 bits per heavy atom. The van der Waals surface area contributed by atoms with E-state index in [2.05, 4.69) is 6.07 Å². The molecule has 0 fully saturated rings. The molecule has 2 aliphatic rings. The third-order valence-electron chi connectivity index (χ3n) is 5.07. The van der Waals surface area contributed by atoms with Crippen LogP contribution in [0.25, 0.3) is 0 Å². The van der Waals surface area contributed by atoms with Gasteiger partial charge in [0, 0.05) is 16.6 Å². The van der Waals surface area contributed by atoms with Gasteiger partial charge in [-0.15, -0.1) is 11.3 Å². The third kappa shape index (κ3) is 3.09. The van der Waals surface area contributed by atoms with Crippen LogP contribution in [0.1, 0.15) is 45.4 Å². The Bertz CT molecular complexity index is 805. The Morgan fingerprint density at radius 2 is 2.04 bits per heavy atom. The molecule has 1 aromatic heterocycles. The molecule has 1 aromatic carbocycles. The average molecular weight is 355 g/mol. The molecule has 4 nitrogen and oxygen atoms in total. The first kappa shape index (κ1) is 16.3. The van der Waals surface area contributed by atoms with Crippen molar-refractivity contribution in [1.82, 2.24) is 0 Å². The molecule has 0 radical (unpaired) electrons. The van der Waals surface area contributed by atoms with Crippen LogP contribution in [0.3, 0.4) is 0 Å². The van der Waals surface area contributed by atoms with Gasteiger partial charge in [0.25, 0.3) is 5.91 Å². The number of thiophene rings is 1. The fourth-order valence-electron chi connectivity index (χ4n) is 3.77. The number of anilines is 1.